The van der Waals surface area contributed by atoms with Gasteiger partial charge in [-0.25, -0.2) is 9.36 Å². The van der Waals surface area contributed by atoms with Crippen molar-refractivity contribution >= 4 is 25.7 Å². The predicted octanol–water partition coefficient (Wildman–Crippen LogP) is 14.8. The fourth-order valence-electron chi connectivity index (χ4n) is 7.20. The summed E-state index contributed by atoms with van der Waals surface area (Å²) in [6, 6.07) is -1.55. The molecule has 0 aromatic carbocycles. The Morgan fingerprint density at radius 1 is 0.493 bits per heavy atom. The second-order valence-corrected chi connectivity index (χ2v) is 19.1. The largest absolute Gasteiger partial charge is 0.480 e. The van der Waals surface area contributed by atoms with Gasteiger partial charge in [-0.3, -0.25) is 18.6 Å². The van der Waals surface area contributed by atoms with Gasteiger partial charge >= 0.3 is 19.8 Å². The number of carbonyl (C=O) groups is 3. The van der Waals surface area contributed by atoms with Gasteiger partial charge in [0.2, 0.25) is 5.91 Å². The molecule has 386 valence electrons. The topological polar surface area (TPSA) is 169 Å². The monoisotopic (exact) mass is 962 g/mol. The van der Waals surface area contributed by atoms with Crippen LogP contribution in [0, 0.1) is 0 Å². The van der Waals surface area contributed by atoms with E-state index in [4.69, 9.17) is 13.8 Å². The van der Waals surface area contributed by atoms with Gasteiger partial charge in [-0.05, 0) is 64.2 Å². The van der Waals surface area contributed by atoms with Crippen molar-refractivity contribution in [3.05, 3.63) is 72.9 Å². The van der Waals surface area contributed by atoms with E-state index in [0.29, 0.717) is 12.8 Å². The third-order valence-electron chi connectivity index (χ3n) is 11.3. The maximum atomic E-state index is 12.4. The lowest BCUT2D eigenvalue weighted by Gasteiger charge is -2.18. The molecule has 3 unspecified atom stereocenters. The molecule has 4 N–H and O–H groups in total. The van der Waals surface area contributed by atoms with Gasteiger partial charge in [-0.2, -0.15) is 0 Å². The number of amides is 1. The first-order valence-corrected chi connectivity index (χ1v) is 28.0. The fourth-order valence-corrected chi connectivity index (χ4v) is 7.97. The van der Waals surface area contributed by atoms with Crippen molar-refractivity contribution in [2.24, 2.45) is 0 Å². The lowest BCUT2D eigenvalue weighted by molar-refractivity contribution is -0.147. The molecule has 0 heterocycles. The minimum atomic E-state index is -4.77. The molecule has 0 rings (SSSR count). The third-order valence-corrected chi connectivity index (χ3v) is 12.2. The molecule has 0 saturated carbocycles. The number of carbonyl (C=O) groups excluding carboxylic acids is 2. The van der Waals surface area contributed by atoms with Gasteiger partial charge < -0.3 is 25.2 Å². The first kappa shape index (κ1) is 63.9. The lowest BCUT2D eigenvalue weighted by atomic mass is 10.0. The smallest absolute Gasteiger partial charge is 0.472 e. The van der Waals surface area contributed by atoms with Gasteiger partial charge in [0, 0.05) is 12.8 Å². The van der Waals surface area contributed by atoms with Gasteiger partial charge in [-0.1, -0.05) is 222 Å². The van der Waals surface area contributed by atoms with Crippen LogP contribution in [0.1, 0.15) is 226 Å². The fraction of sp³-hybridized carbons (Fsp3) is 0.727. The maximum Gasteiger partial charge on any atom is 0.472 e. The molecule has 67 heavy (non-hydrogen) atoms. The number of nitrogens with one attached hydrogen (secondary N) is 1. The molecule has 0 fully saturated rings. The van der Waals surface area contributed by atoms with E-state index in [1.807, 2.05) is 0 Å². The number of aliphatic hydroxyl groups excluding tert-OH is 1. The quantitative estimate of drug-likeness (QED) is 0.0199. The number of allylic oxidation sites excluding steroid dienone is 12. The Balaban J connectivity index is 3.86. The van der Waals surface area contributed by atoms with Crippen molar-refractivity contribution in [1.29, 1.82) is 0 Å². The number of aliphatic hydroxyl groups is 1. The van der Waals surface area contributed by atoms with E-state index >= 15 is 0 Å². The zero-order chi connectivity index (χ0) is 49.2. The second kappa shape index (κ2) is 49.3. The van der Waals surface area contributed by atoms with Crippen molar-refractivity contribution in [2.75, 3.05) is 19.8 Å². The highest BCUT2D eigenvalue weighted by Gasteiger charge is 2.28. The molecule has 0 aromatic heterocycles. The Kier molecular flexibility index (Phi) is 47.1. The number of unbranched alkanes of at least 4 members (excludes halogenated alkanes) is 23. The molecule has 0 spiro atoms. The number of carboxylic acids is 1. The number of rotatable bonds is 49. The van der Waals surface area contributed by atoms with Crippen LogP contribution in [0.4, 0.5) is 0 Å². The van der Waals surface area contributed by atoms with Gasteiger partial charge in [0.25, 0.3) is 0 Å². The molecular formula is C55H96NO10P. The van der Waals surface area contributed by atoms with Gasteiger partial charge in [0.1, 0.15) is 12.7 Å². The molecule has 0 aliphatic heterocycles. The number of esters is 1. The summed E-state index contributed by atoms with van der Waals surface area (Å²) in [5, 5.41) is 21.9. The number of carboxylic acid groups (broad SMARTS) is 1. The highest BCUT2D eigenvalue weighted by Crippen LogP contribution is 2.43. The highest BCUT2D eigenvalue weighted by atomic mass is 31.2. The Morgan fingerprint density at radius 2 is 0.866 bits per heavy atom. The van der Waals surface area contributed by atoms with Crippen LogP contribution in [0.15, 0.2) is 72.9 Å². The number of aliphatic carboxylic acids is 1. The number of phosphoric ester groups is 1. The van der Waals surface area contributed by atoms with E-state index in [1.54, 1.807) is 0 Å². The number of ether oxygens (including phenoxy) is 1. The SMILES string of the molecule is CC/C=C\C/C=C\C/C=C\C/C=C\C/C=C\C/C=C\CCCCCCC(=O)OCC(O)COP(=O)(O)OCC(NC(=O)CCCCCCCCCCCCCCCCCCCCCC)C(=O)O. The maximum absolute atomic E-state index is 12.4. The molecule has 0 aliphatic rings. The van der Waals surface area contributed by atoms with Gasteiger partial charge in [0.05, 0.1) is 13.2 Å². The number of hydrogen-bond acceptors (Lipinski definition) is 8. The minimum absolute atomic E-state index is 0.145. The van der Waals surface area contributed by atoms with Crippen molar-refractivity contribution in [3.8, 4) is 0 Å². The highest BCUT2D eigenvalue weighted by molar-refractivity contribution is 7.47. The lowest BCUT2D eigenvalue weighted by Crippen LogP contribution is -2.43. The molecule has 3 atom stereocenters. The average molecular weight is 962 g/mol. The summed E-state index contributed by atoms with van der Waals surface area (Å²) in [4.78, 5) is 46.2. The molecule has 0 aromatic rings. The van der Waals surface area contributed by atoms with E-state index in [-0.39, 0.29) is 12.8 Å². The Hall–Kier alpha value is -3.08. The van der Waals surface area contributed by atoms with Crippen LogP contribution in [0.5, 0.6) is 0 Å². The zero-order valence-electron chi connectivity index (χ0n) is 42.2. The summed E-state index contributed by atoms with van der Waals surface area (Å²) in [5.74, 6) is -2.39. The Morgan fingerprint density at radius 3 is 1.30 bits per heavy atom. The van der Waals surface area contributed by atoms with Crippen molar-refractivity contribution in [3.63, 3.8) is 0 Å². The average Bonchev–Trinajstić information content (AvgIpc) is 3.31. The van der Waals surface area contributed by atoms with Crippen LogP contribution in [0.25, 0.3) is 0 Å². The first-order chi connectivity index (χ1) is 32.6. The molecule has 12 heteroatoms. The normalized spacial score (nSPS) is 14.1. The van der Waals surface area contributed by atoms with Crippen LogP contribution in [0.2, 0.25) is 0 Å². The van der Waals surface area contributed by atoms with Crippen LogP contribution >= 0.6 is 7.82 Å². The Labute approximate surface area is 408 Å². The van der Waals surface area contributed by atoms with Crippen molar-refractivity contribution in [2.45, 2.75) is 238 Å². The van der Waals surface area contributed by atoms with Crippen molar-refractivity contribution < 1.29 is 47.8 Å². The zero-order valence-corrected chi connectivity index (χ0v) is 43.1. The molecule has 0 saturated heterocycles. The molecule has 1 amide bonds. The first-order valence-electron chi connectivity index (χ1n) is 26.5. The third kappa shape index (κ3) is 49.2. The van der Waals surface area contributed by atoms with Gasteiger partial charge in [-0.15, -0.1) is 0 Å². The predicted molar refractivity (Wildman–Crippen MR) is 277 cm³/mol. The van der Waals surface area contributed by atoms with E-state index in [2.05, 4.69) is 92.1 Å². The van der Waals surface area contributed by atoms with Crippen LogP contribution in [0.3, 0.4) is 0 Å². The summed E-state index contributed by atoms with van der Waals surface area (Å²) < 4.78 is 27.0. The molecule has 11 nitrogen and oxygen atoms in total. The van der Waals surface area contributed by atoms with Crippen LogP contribution in [-0.2, 0) is 32.7 Å². The summed E-state index contributed by atoms with van der Waals surface area (Å²) in [6.45, 7) is 2.48. The van der Waals surface area contributed by atoms with E-state index in [0.717, 1.165) is 83.5 Å². The molecular weight excluding hydrogens is 866 g/mol. The van der Waals surface area contributed by atoms with Gasteiger partial charge in [0.15, 0.2) is 6.04 Å². The van der Waals surface area contributed by atoms with Crippen LogP contribution in [-0.4, -0.2) is 64.9 Å². The molecule has 0 radical (unpaired) electrons. The van der Waals surface area contributed by atoms with E-state index in [1.165, 1.54) is 103 Å². The van der Waals surface area contributed by atoms with Crippen molar-refractivity contribution in [1.82, 2.24) is 5.32 Å². The summed E-state index contributed by atoms with van der Waals surface area (Å²) in [6.07, 6.45) is 60.6. The minimum Gasteiger partial charge on any atom is -0.480 e. The van der Waals surface area contributed by atoms with E-state index < -0.39 is 57.6 Å². The Bertz CT molecular complexity index is 1410. The van der Waals surface area contributed by atoms with Crippen LogP contribution < -0.4 is 5.32 Å². The number of phosphoric acid groups is 1. The molecule has 0 bridgehead atoms. The molecule has 0 aliphatic carbocycles. The summed E-state index contributed by atoms with van der Waals surface area (Å²) in [7, 11) is -4.77. The second-order valence-electron chi connectivity index (χ2n) is 17.7. The standard InChI is InChI=1S/C55H96NO10P/c1-3-5-7-9-11-13-15-17-19-21-23-25-26-27-29-31-33-35-37-39-41-43-45-47-54(59)64-48-51(57)49-65-67(62,63)66-50-52(55(60)61)56-53(58)46-44-42-40-38-36-34-32-30-28-24-22-20-18-16-14-12-10-8-6-4-2/h5,7,11,13,17,19,23,25,27,29,33,35,51-52,57H,3-4,6,8-10,12,14-16,18,20-22,24,26,28,30-32,34,36-50H2,1-2H3,(H,56,58)(H,60,61)(H,62,63)/b7-5-,13-11-,19-17-,25-23-,29-27-,35-33-. The summed E-state index contributed by atoms with van der Waals surface area (Å²) in [5.41, 5.74) is 0. The summed E-state index contributed by atoms with van der Waals surface area (Å²) >= 11 is 0. The van der Waals surface area contributed by atoms with E-state index in [9.17, 15) is 34.1 Å². The number of hydrogen-bond donors (Lipinski definition) is 4.